The molecular weight excluding hydrogens is 186 g/mol. The quantitative estimate of drug-likeness (QED) is 0.681. The van der Waals surface area contributed by atoms with Gasteiger partial charge < -0.3 is 0 Å². The summed E-state index contributed by atoms with van der Waals surface area (Å²) in [5.41, 5.74) is 2.90. The van der Waals surface area contributed by atoms with Gasteiger partial charge in [0.1, 0.15) is 0 Å². The molecule has 0 spiro atoms. The first-order chi connectivity index (χ1) is 6.07. The van der Waals surface area contributed by atoms with Gasteiger partial charge in [0.05, 0.1) is 11.4 Å². The van der Waals surface area contributed by atoms with Crippen LogP contribution >= 0.6 is 0 Å². The van der Waals surface area contributed by atoms with Gasteiger partial charge in [-0.25, -0.2) is 8.42 Å². The zero-order valence-corrected chi connectivity index (χ0v) is 8.19. The van der Waals surface area contributed by atoms with Gasteiger partial charge in [-0.3, -0.25) is 4.72 Å². The maximum atomic E-state index is 11.2. The van der Waals surface area contributed by atoms with Crippen LogP contribution in [0.2, 0.25) is 0 Å². The number of sulfonamides is 1. The molecule has 0 saturated carbocycles. The molecule has 2 rings (SSSR count). The second kappa shape index (κ2) is 2.73. The lowest BCUT2D eigenvalue weighted by atomic mass is 10.1. The van der Waals surface area contributed by atoms with Crippen molar-refractivity contribution in [3.8, 4) is 0 Å². The summed E-state index contributed by atoms with van der Waals surface area (Å²) < 4.78 is 25.0. The van der Waals surface area contributed by atoms with Crippen molar-refractivity contribution in [3.05, 3.63) is 29.3 Å². The fourth-order valence-corrected chi connectivity index (χ4v) is 2.58. The molecule has 3 nitrogen and oxygen atoms in total. The highest BCUT2D eigenvalue weighted by molar-refractivity contribution is 7.92. The van der Waals surface area contributed by atoms with E-state index < -0.39 is 10.0 Å². The molecule has 0 aliphatic carbocycles. The lowest BCUT2D eigenvalue weighted by molar-refractivity contribution is 0.599. The van der Waals surface area contributed by atoms with Crippen molar-refractivity contribution >= 4 is 15.7 Å². The monoisotopic (exact) mass is 197 g/mol. The fourth-order valence-electron chi connectivity index (χ4n) is 1.47. The van der Waals surface area contributed by atoms with Crippen LogP contribution in [0, 0.1) is 6.92 Å². The number of rotatable bonds is 0. The van der Waals surface area contributed by atoms with Crippen LogP contribution in [0.5, 0.6) is 0 Å². The molecule has 0 bridgehead atoms. The van der Waals surface area contributed by atoms with E-state index in [0.717, 1.165) is 16.8 Å². The third-order valence-electron chi connectivity index (χ3n) is 2.17. The van der Waals surface area contributed by atoms with Gasteiger partial charge in [-0.1, -0.05) is 12.1 Å². The molecular formula is C9H11NO2S. The molecule has 13 heavy (non-hydrogen) atoms. The Bertz CT molecular complexity index is 437. The van der Waals surface area contributed by atoms with Crippen LogP contribution in [0.3, 0.4) is 0 Å². The number of benzene rings is 1. The van der Waals surface area contributed by atoms with Gasteiger partial charge in [0, 0.05) is 0 Å². The van der Waals surface area contributed by atoms with Gasteiger partial charge in [-0.15, -0.1) is 0 Å². The van der Waals surface area contributed by atoms with Crippen molar-refractivity contribution in [1.29, 1.82) is 0 Å². The van der Waals surface area contributed by atoms with Gasteiger partial charge >= 0.3 is 0 Å². The van der Waals surface area contributed by atoms with Crippen LogP contribution in [-0.2, 0) is 16.4 Å². The minimum absolute atomic E-state index is 0.197. The van der Waals surface area contributed by atoms with Crippen LogP contribution in [0.4, 0.5) is 5.69 Å². The van der Waals surface area contributed by atoms with E-state index in [9.17, 15) is 8.42 Å². The van der Waals surface area contributed by atoms with E-state index >= 15 is 0 Å². The largest absolute Gasteiger partial charge is 0.283 e. The predicted octanol–water partition coefficient (Wildman–Crippen LogP) is 1.29. The predicted molar refractivity (Wildman–Crippen MR) is 52.3 cm³/mol. The van der Waals surface area contributed by atoms with Crippen LogP contribution < -0.4 is 4.72 Å². The topological polar surface area (TPSA) is 46.2 Å². The highest BCUT2D eigenvalue weighted by Gasteiger charge is 2.19. The molecule has 1 aromatic carbocycles. The Balaban J connectivity index is 2.50. The van der Waals surface area contributed by atoms with Gasteiger partial charge in [0.2, 0.25) is 10.0 Å². The van der Waals surface area contributed by atoms with E-state index in [4.69, 9.17) is 0 Å². The lowest BCUT2D eigenvalue weighted by Gasteiger charge is -2.18. The first kappa shape index (κ1) is 8.56. The van der Waals surface area contributed by atoms with E-state index in [2.05, 4.69) is 4.72 Å². The van der Waals surface area contributed by atoms with Crippen molar-refractivity contribution in [3.63, 3.8) is 0 Å². The van der Waals surface area contributed by atoms with Crippen molar-refractivity contribution in [2.75, 3.05) is 10.5 Å². The molecule has 0 amide bonds. The van der Waals surface area contributed by atoms with Crippen molar-refractivity contribution in [1.82, 2.24) is 0 Å². The lowest BCUT2D eigenvalue weighted by Crippen LogP contribution is -2.23. The highest BCUT2D eigenvalue weighted by atomic mass is 32.2. The van der Waals surface area contributed by atoms with Gasteiger partial charge in [0.15, 0.2) is 0 Å². The third-order valence-corrected chi connectivity index (χ3v) is 3.44. The average molecular weight is 197 g/mol. The first-order valence-electron chi connectivity index (χ1n) is 4.17. The average Bonchev–Trinajstić information content (AvgIpc) is 2.01. The smallest absolute Gasteiger partial charge is 0.233 e. The van der Waals surface area contributed by atoms with E-state index in [1.165, 1.54) is 0 Å². The summed E-state index contributed by atoms with van der Waals surface area (Å²) in [5, 5.41) is 0. The number of hydrogen-bond acceptors (Lipinski definition) is 2. The summed E-state index contributed by atoms with van der Waals surface area (Å²) in [6, 6.07) is 5.84. The number of nitrogens with one attached hydrogen (secondary N) is 1. The Labute approximate surface area is 77.8 Å². The molecule has 0 unspecified atom stereocenters. The summed E-state index contributed by atoms with van der Waals surface area (Å²) in [7, 11) is -3.06. The Morgan fingerprint density at radius 3 is 2.92 bits per heavy atom. The zero-order valence-electron chi connectivity index (χ0n) is 7.37. The Morgan fingerprint density at radius 2 is 2.15 bits per heavy atom. The van der Waals surface area contributed by atoms with Crippen molar-refractivity contribution < 1.29 is 8.42 Å². The van der Waals surface area contributed by atoms with Gasteiger partial charge in [-0.2, -0.15) is 0 Å². The number of hydrogen-bond donors (Lipinski definition) is 1. The molecule has 1 aliphatic heterocycles. The SMILES string of the molecule is Cc1ccc2c(c1)NS(=O)(=O)CC2. The molecule has 0 fully saturated rings. The molecule has 4 heteroatoms. The molecule has 70 valence electrons. The first-order valence-corrected chi connectivity index (χ1v) is 5.82. The summed E-state index contributed by atoms with van der Waals surface area (Å²) in [5.74, 6) is 0.197. The maximum Gasteiger partial charge on any atom is 0.233 e. The van der Waals surface area contributed by atoms with Crippen LogP contribution in [0.1, 0.15) is 11.1 Å². The normalized spacial score (nSPS) is 18.8. The van der Waals surface area contributed by atoms with Crippen molar-refractivity contribution in [2.24, 2.45) is 0 Å². The molecule has 0 saturated heterocycles. The maximum absolute atomic E-state index is 11.2. The molecule has 1 aromatic rings. The Morgan fingerprint density at radius 1 is 1.38 bits per heavy atom. The second-order valence-electron chi connectivity index (χ2n) is 3.33. The number of anilines is 1. The summed E-state index contributed by atoms with van der Waals surface area (Å²) in [6.07, 6.45) is 0.616. The standard InChI is InChI=1S/C9H11NO2S/c1-7-2-3-8-4-5-13(11,12)10-9(8)6-7/h2-3,6,10H,4-5H2,1H3. The summed E-state index contributed by atoms with van der Waals surface area (Å²) in [6.45, 7) is 1.95. The number of fused-ring (bicyclic) bond motifs is 1. The number of aryl methyl sites for hydroxylation is 2. The minimum Gasteiger partial charge on any atom is -0.283 e. The summed E-state index contributed by atoms with van der Waals surface area (Å²) in [4.78, 5) is 0. The van der Waals surface area contributed by atoms with E-state index in [-0.39, 0.29) is 5.75 Å². The molecule has 1 N–H and O–H groups in total. The fraction of sp³-hybridized carbons (Fsp3) is 0.333. The van der Waals surface area contributed by atoms with E-state index in [0.29, 0.717) is 6.42 Å². The zero-order chi connectivity index (χ0) is 9.47. The van der Waals surface area contributed by atoms with E-state index in [1.54, 1.807) is 0 Å². The summed E-state index contributed by atoms with van der Waals surface area (Å²) >= 11 is 0. The molecule has 0 atom stereocenters. The van der Waals surface area contributed by atoms with Crippen LogP contribution in [0.25, 0.3) is 0 Å². The van der Waals surface area contributed by atoms with Crippen LogP contribution in [0.15, 0.2) is 18.2 Å². The minimum atomic E-state index is -3.06. The molecule has 1 heterocycles. The molecule has 0 radical (unpaired) electrons. The van der Waals surface area contributed by atoms with Gasteiger partial charge in [-0.05, 0) is 30.5 Å². The van der Waals surface area contributed by atoms with E-state index in [1.807, 2.05) is 25.1 Å². The molecule has 1 aliphatic rings. The Kier molecular flexibility index (Phi) is 1.80. The third kappa shape index (κ3) is 1.67. The van der Waals surface area contributed by atoms with Gasteiger partial charge in [0.25, 0.3) is 0 Å². The van der Waals surface area contributed by atoms with Crippen LogP contribution in [-0.4, -0.2) is 14.2 Å². The second-order valence-corrected chi connectivity index (χ2v) is 5.17. The highest BCUT2D eigenvalue weighted by Crippen LogP contribution is 2.23. The molecule has 0 aromatic heterocycles. The van der Waals surface area contributed by atoms with Crippen molar-refractivity contribution in [2.45, 2.75) is 13.3 Å². The Hall–Kier alpha value is -1.03.